The first-order valence-corrected chi connectivity index (χ1v) is 3.28. The standard InChI is InChI=1S/C6H8O7.Ca.2H/c7-4(8)1-2-6(11)13-12-3-5(9)10;;;/h1-3H2,(H,7,8)(H,9,10);;;. The van der Waals surface area contributed by atoms with Crippen LogP contribution >= 0.6 is 0 Å². The first-order valence-electron chi connectivity index (χ1n) is 3.28. The summed E-state index contributed by atoms with van der Waals surface area (Å²) in [7, 11) is 0. The van der Waals surface area contributed by atoms with Crippen molar-refractivity contribution in [2.45, 2.75) is 12.8 Å². The Labute approximate surface area is 109 Å². The maximum atomic E-state index is 10.5. The Hall–Kier alpha value is -0.370. The molecule has 14 heavy (non-hydrogen) atoms. The summed E-state index contributed by atoms with van der Waals surface area (Å²) < 4.78 is 0. The molecule has 0 saturated heterocycles. The van der Waals surface area contributed by atoms with E-state index >= 15 is 0 Å². The van der Waals surface area contributed by atoms with Crippen molar-refractivity contribution in [1.82, 2.24) is 0 Å². The van der Waals surface area contributed by atoms with Crippen LogP contribution in [0.1, 0.15) is 12.8 Å². The molecule has 0 radical (unpaired) electrons. The van der Waals surface area contributed by atoms with Gasteiger partial charge < -0.3 is 10.2 Å². The van der Waals surface area contributed by atoms with Crippen LogP contribution in [0.3, 0.4) is 0 Å². The summed E-state index contributed by atoms with van der Waals surface area (Å²) in [6, 6.07) is 0. The number of carbonyl (C=O) groups is 3. The molecule has 0 aromatic heterocycles. The van der Waals surface area contributed by atoms with E-state index in [0.29, 0.717) is 0 Å². The fourth-order valence-corrected chi connectivity index (χ4v) is 0.396. The summed E-state index contributed by atoms with van der Waals surface area (Å²) in [5.74, 6) is -3.34. The van der Waals surface area contributed by atoms with Gasteiger partial charge in [-0.2, -0.15) is 4.89 Å². The van der Waals surface area contributed by atoms with Gasteiger partial charge in [0.2, 0.25) is 0 Å². The van der Waals surface area contributed by atoms with Crippen molar-refractivity contribution >= 4 is 55.6 Å². The number of carboxylic acids is 2. The van der Waals surface area contributed by atoms with E-state index in [-0.39, 0.29) is 50.6 Å². The molecule has 0 heterocycles. The zero-order valence-electron chi connectivity index (χ0n) is 6.56. The van der Waals surface area contributed by atoms with Crippen molar-refractivity contribution in [2.75, 3.05) is 6.61 Å². The molecule has 2 N–H and O–H groups in total. The van der Waals surface area contributed by atoms with Gasteiger partial charge in [-0.15, -0.1) is 0 Å². The molecule has 0 rings (SSSR count). The first kappa shape index (κ1) is 16.1. The Bertz CT molecular complexity index is 214. The maximum absolute atomic E-state index is 10.5. The molecule has 0 aromatic carbocycles. The topological polar surface area (TPSA) is 110 Å². The third-order valence-corrected chi connectivity index (χ3v) is 0.877. The predicted octanol–water partition coefficient (Wildman–Crippen LogP) is -1.51. The Morgan fingerprint density at radius 3 is 2.00 bits per heavy atom. The molecule has 7 nitrogen and oxygen atoms in total. The van der Waals surface area contributed by atoms with Gasteiger partial charge in [-0.25, -0.2) is 9.59 Å². The SMILES string of the molecule is O=C(O)CCC(=O)OOCC(=O)O.[CaH2]. The molecule has 0 aliphatic rings. The van der Waals surface area contributed by atoms with E-state index < -0.39 is 24.5 Å². The summed E-state index contributed by atoms with van der Waals surface area (Å²) in [5.41, 5.74) is 0. The Kier molecular flexibility index (Phi) is 10.6. The summed E-state index contributed by atoms with van der Waals surface area (Å²) in [6.07, 6.45) is -0.732. The van der Waals surface area contributed by atoms with Crippen molar-refractivity contribution in [3.8, 4) is 0 Å². The van der Waals surface area contributed by atoms with Crippen LogP contribution in [0.5, 0.6) is 0 Å². The van der Waals surface area contributed by atoms with Gasteiger partial charge in [0.15, 0.2) is 6.61 Å². The fraction of sp³-hybridized carbons (Fsp3) is 0.500. The fourth-order valence-electron chi connectivity index (χ4n) is 0.396. The van der Waals surface area contributed by atoms with Crippen LogP contribution in [0.2, 0.25) is 0 Å². The zero-order valence-corrected chi connectivity index (χ0v) is 6.56. The molecule has 0 aliphatic carbocycles. The van der Waals surface area contributed by atoms with Crippen LogP contribution in [0.15, 0.2) is 0 Å². The van der Waals surface area contributed by atoms with E-state index in [0.717, 1.165) is 0 Å². The molecule has 0 spiro atoms. The summed E-state index contributed by atoms with van der Waals surface area (Å²) >= 11 is 0. The average Bonchev–Trinajstić information content (AvgIpc) is 2.00. The third-order valence-electron chi connectivity index (χ3n) is 0.877. The van der Waals surface area contributed by atoms with Gasteiger partial charge in [0.1, 0.15) is 0 Å². The number of carbonyl (C=O) groups excluding carboxylic acids is 1. The van der Waals surface area contributed by atoms with Gasteiger partial charge in [0.25, 0.3) is 0 Å². The molecule has 0 amide bonds. The van der Waals surface area contributed by atoms with E-state index in [4.69, 9.17) is 10.2 Å². The first-order chi connectivity index (χ1) is 6.02. The Morgan fingerprint density at radius 2 is 1.57 bits per heavy atom. The van der Waals surface area contributed by atoms with Crippen LogP contribution in [0.4, 0.5) is 0 Å². The second kappa shape index (κ2) is 9.20. The monoisotopic (exact) mass is 234 g/mol. The molecule has 0 aromatic rings. The normalized spacial score (nSPS) is 8.57. The van der Waals surface area contributed by atoms with Gasteiger partial charge in [-0.3, -0.25) is 9.68 Å². The number of hydrogen-bond acceptors (Lipinski definition) is 5. The van der Waals surface area contributed by atoms with Gasteiger partial charge >= 0.3 is 55.6 Å². The van der Waals surface area contributed by atoms with Crippen molar-refractivity contribution in [3.63, 3.8) is 0 Å². The molecular weight excluding hydrogens is 224 g/mol. The third kappa shape index (κ3) is 11.6. The minimum atomic E-state index is -1.29. The molecule has 0 saturated carbocycles. The van der Waals surface area contributed by atoms with Crippen LogP contribution in [-0.2, 0) is 24.2 Å². The van der Waals surface area contributed by atoms with Crippen LogP contribution in [0.25, 0.3) is 0 Å². The molecule has 0 fully saturated rings. The second-order valence-electron chi connectivity index (χ2n) is 2.01. The number of hydrogen-bond donors (Lipinski definition) is 2. The van der Waals surface area contributed by atoms with Crippen molar-refractivity contribution in [1.29, 1.82) is 0 Å². The molecule has 8 heteroatoms. The second-order valence-corrected chi connectivity index (χ2v) is 2.01. The van der Waals surface area contributed by atoms with Crippen molar-refractivity contribution in [2.24, 2.45) is 0 Å². The Morgan fingerprint density at radius 1 is 1.00 bits per heavy atom. The van der Waals surface area contributed by atoms with Crippen LogP contribution in [-0.4, -0.2) is 72.5 Å². The van der Waals surface area contributed by atoms with Gasteiger partial charge in [-0.1, -0.05) is 0 Å². The number of rotatable bonds is 6. The van der Waals surface area contributed by atoms with Crippen molar-refractivity contribution in [3.05, 3.63) is 0 Å². The van der Waals surface area contributed by atoms with Crippen LogP contribution < -0.4 is 0 Å². The summed E-state index contributed by atoms with van der Waals surface area (Å²) in [5, 5.41) is 16.2. The summed E-state index contributed by atoms with van der Waals surface area (Å²) in [6.45, 7) is -0.765. The van der Waals surface area contributed by atoms with E-state index in [2.05, 4.69) is 9.78 Å². The number of aliphatic carboxylic acids is 2. The molecule has 0 atom stereocenters. The minimum absolute atomic E-state index is 0. The summed E-state index contributed by atoms with van der Waals surface area (Å²) in [4.78, 5) is 38.2. The van der Waals surface area contributed by atoms with E-state index in [1.54, 1.807) is 0 Å². The van der Waals surface area contributed by atoms with Gasteiger partial charge in [0, 0.05) is 0 Å². The molecule has 78 valence electrons. The van der Waals surface area contributed by atoms with Gasteiger partial charge in [-0.05, 0) is 0 Å². The molecule has 0 unspecified atom stereocenters. The quantitative estimate of drug-likeness (QED) is 0.326. The molecule has 0 aliphatic heterocycles. The van der Waals surface area contributed by atoms with Gasteiger partial charge in [0.05, 0.1) is 12.8 Å². The molecular formula is C6H10CaO7. The average molecular weight is 234 g/mol. The predicted molar refractivity (Wildman–Crippen MR) is 45.1 cm³/mol. The van der Waals surface area contributed by atoms with Crippen molar-refractivity contribution < 1.29 is 34.4 Å². The van der Waals surface area contributed by atoms with E-state index in [1.165, 1.54) is 0 Å². The van der Waals surface area contributed by atoms with E-state index in [1.807, 2.05) is 0 Å². The van der Waals surface area contributed by atoms with Crippen LogP contribution in [0, 0.1) is 0 Å². The molecule has 0 bridgehead atoms. The zero-order chi connectivity index (χ0) is 10.3. The van der Waals surface area contributed by atoms with E-state index in [9.17, 15) is 14.4 Å². The Balaban J connectivity index is 0. The number of carboxylic acid groups (broad SMARTS) is 2.